The number of halogens is 1. The second-order valence-corrected chi connectivity index (χ2v) is 7.13. The van der Waals surface area contributed by atoms with E-state index in [1.165, 1.54) is 36.5 Å². The molecule has 0 aromatic rings. The Kier molecular flexibility index (Phi) is 3.86. The normalized spacial score (nSPS) is 41.9. The Morgan fingerprint density at radius 2 is 2.26 bits per heavy atom. The van der Waals surface area contributed by atoms with Gasteiger partial charge in [-0.2, -0.15) is 0 Å². The molecule has 3 fully saturated rings. The second-order valence-electron chi connectivity index (χ2n) is 6.05. The highest BCUT2D eigenvalue weighted by Gasteiger charge is 2.72. The summed E-state index contributed by atoms with van der Waals surface area (Å²) >= 11 is 2.46. The first-order valence-corrected chi connectivity index (χ1v) is 8.59. The maximum absolute atomic E-state index is 11.3. The maximum atomic E-state index is 11.3. The van der Waals surface area contributed by atoms with Gasteiger partial charge in [0.1, 0.15) is 6.61 Å². The van der Waals surface area contributed by atoms with E-state index in [1.54, 1.807) is 0 Å². The molecular formula is C14H20INO3. The van der Waals surface area contributed by atoms with Gasteiger partial charge in [0, 0.05) is 6.72 Å². The highest BCUT2D eigenvalue weighted by Crippen LogP contribution is 2.76. The monoisotopic (exact) mass is 377 g/mol. The van der Waals surface area contributed by atoms with Crippen LogP contribution in [0.4, 0.5) is 0 Å². The van der Waals surface area contributed by atoms with Crippen molar-refractivity contribution < 1.29 is 14.4 Å². The van der Waals surface area contributed by atoms with Gasteiger partial charge in [-0.25, -0.2) is 4.79 Å². The molecule has 19 heavy (non-hydrogen) atoms. The van der Waals surface area contributed by atoms with Crippen LogP contribution < -0.4 is 0 Å². The van der Waals surface area contributed by atoms with Gasteiger partial charge >= 0.3 is 5.97 Å². The van der Waals surface area contributed by atoms with Gasteiger partial charge < -0.3 is 9.57 Å². The van der Waals surface area contributed by atoms with E-state index in [4.69, 9.17) is 4.74 Å². The Bertz CT molecular complexity index is 389. The summed E-state index contributed by atoms with van der Waals surface area (Å²) in [4.78, 5) is 15.8. The molecule has 3 aliphatic carbocycles. The quantitative estimate of drug-likeness (QED) is 0.225. The number of carbonyl (C=O) groups excluding carboxylic acids is 1. The first-order valence-electron chi connectivity index (χ1n) is 7.06. The third-order valence-electron chi connectivity index (χ3n) is 5.40. The van der Waals surface area contributed by atoms with E-state index in [9.17, 15) is 4.79 Å². The molecule has 0 saturated heterocycles. The van der Waals surface area contributed by atoms with Gasteiger partial charge in [-0.1, -0.05) is 27.7 Å². The molecule has 0 spiro atoms. The summed E-state index contributed by atoms with van der Waals surface area (Å²) in [6, 6.07) is 0. The van der Waals surface area contributed by atoms with Crippen LogP contribution in [-0.4, -0.2) is 29.8 Å². The fourth-order valence-corrected chi connectivity index (χ4v) is 4.90. The molecular weight excluding hydrogens is 357 g/mol. The average Bonchev–Trinajstić information content (AvgIpc) is 3.01. The minimum absolute atomic E-state index is 0.0196. The largest absolute Gasteiger partial charge is 0.366 e. The lowest BCUT2D eigenvalue weighted by atomic mass is 9.67. The van der Waals surface area contributed by atoms with Gasteiger partial charge in [0.05, 0.1) is 6.10 Å². The van der Waals surface area contributed by atoms with Crippen LogP contribution in [0, 0.1) is 23.2 Å². The van der Waals surface area contributed by atoms with E-state index in [0.717, 1.165) is 5.92 Å². The number of rotatable bonds is 7. The third kappa shape index (κ3) is 2.22. The third-order valence-corrected chi connectivity index (χ3v) is 6.16. The standard InChI is InChI=1S/C14H20INO3/c1-16-19-12(17)8-18-13-9-3-4-10(9)14(5-2-6-15)7-11(13)14/h9-11,13H,1-8H2. The van der Waals surface area contributed by atoms with Crippen LogP contribution in [-0.2, 0) is 14.4 Å². The molecule has 5 atom stereocenters. The maximum Gasteiger partial charge on any atom is 0.360 e. The Hall–Kier alpha value is -0.170. The molecule has 0 aromatic carbocycles. The predicted molar refractivity (Wildman–Crippen MR) is 80.3 cm³/mol. The summed E-state index contributed by atoms with van der Waals surface area (Å²) in [5, 5.41) is 3.13. The second kappa shape index (κ2) is 5.31. The van der Waals surface area contributed by atoms with Crippen LogP contribution in [0.3, 0.4) is 0 Å². The van der Waals surface area contributed by atoms with E-state index >= 15 is 0 Å². The van der Waals surface area contributed by atoms with Crippen molar-refractivity contribution in [3.63, 3.8) is 0 Å². The number of carbonyl (C=O) groups is 1. The topological polar surface area (TPSA) is 47.9 Å². The summed E-state index contributed by atoms with van der Waals surface area (Å²) in [6.07, 6.45) is 6.89. The van der Waals surface area contributed by atoms with Gasteiger partial charge in [-0.05, 0) is 59.7 Å². The summed E-state index contributed by atoms with van der Waals surface area (Å²) < 4.78 is 7.09. The van der Waals surface area contributed by atoms with Crippen molar-refractivity contribution in [3.05, 3.63) is 0 Å². The molecule has 3 aliphatic rings. The molecule has 0 aliphatic heterocycles. The Labute approximate surface area is 127 Å². The van der Waals surface area contributed by atoms with Gasteiger partial charge in [-0.15, -0.1) is 0 Å². The van der Waals surface area contributed by atoms with E-state index in [2.05, 4.69) is 39.3 Å². The number of alkyl halides is 1. The number of nitrogens with zero attached hydrogens (tertiary/aromatic N) is 1. The van der Waals surface area contributed by atoms with Crippen molar-refractivity contribution >= 4 is 35.3 Å². The van der Waals surface area contributed by atoms with Crippen molar-refractivity contribution in [2.24, 2.45) is 28.3 Å². The Balaban J connectivity index is 1.56. The zero-order chi connectivity index (χ0) is 13.5. The van der Waals surface area contributed by atoms with Crippen LogP contribution in [0.5, 0.6) is 0 Å². The van der Waals surface area contributed by atoms with E-state index in [-0.39, 0.29) is 12.7 Å². The van der Waals surface area contributed by atoms with E-state index < -0.39 is 5.97 Å². The lowest BCUT2D eigenvalue weighted by Crippen LogP contribution is -2.36. The van der Waals surface area contributed by atoms with Gasteiger partial charge in [-0.3, -0.25) is 0 Å². The molecule has 0 bridgehead atoms. The van der Waals surface area contributed by atoms with Gasteiger partial charge in [0.15, 0.2) is 0 Å². The van der Waals surface area contributed by atoms with E-state index in [0.29, 0.717) is 17.3 Å². The molecule has 0 aromatic heterocycles. The lowest BCUT2D eigenvalue weighted by molar-refractivity contribution is -0.153. The van der Waals surface area contributed by atoms with Crippen LogP contribution in [0.25, 0.3) is 0 Å². The highest BCUT2D eigenvalue weighted by molar-refractivity contribution is 14.1. The number of ether oxygens (including phenoxy) is 1. The highest BCUT2D eigenvalue weighted by atomic mass is 127. The molecule has 106 valence electrons. The first kappa shape index (κ1) is 13.8. The smallest absolute Gasteiger partial charge is 0.360 e. The predicted octanol–water partition coefficient (Wildman–Crippen LogP) is 2.79. The average molecular weight is 377 g/mol. The number of fused-ring (bicyclic) bond motifs is 3. The van der Waals surface area contributed by atoms with Crippen LogP contribution in [0.15, 0.2) is 5.16 Å². The number of oxime groups is 1. The SMILES string of the molecule is C=NOC(=O)COC1C2CCC2C2(CCCI)CC12. The molecule has 0 radical (unpaired) electrons. The number of hydrogen-bond donors (Lipinski definition) is 0. The Morgan fingerprint density at radius 3 is 2.89 bits per heavy atom. The molecule has 3 rings (SSSR count). The molecule has 3 saturated carbocycles. The fraction of sp³-hybridized carbons (Fsp3) is 0.857. The number of hydrogen-bond acceptors (Lipinski definition) is 4. The molecule has 0 N–H and O–H groups in total. The lowest BCUT2D eigenvalue weighted by Gasteiger charge is -2.40. The van der Waals surface area contributed by atoms with Crippen molar-refractivity contribution in [2.45, 2.75) is 38.2 Å². The zero-order valence-electron chi connectivity index (χ0n) is 11.0. The molecule has 0 heterocycles. The summed E-state index contributed by atoms with van der Waals surface area (Å²) in [5.41, 5.74) is 0.569. The summed E-state index contributed by atoms with van der Waals surface area (Å²) in [7, 11) is 0. The van der Waals surface area contributed by atoms with Crippen molar-refractivity contribution in [3.8, 4) is 0 Å². The van der Waals surface area contributed by atoms with Gasteiger partial charge in [0.25, 0.3) is 0 Å². The minimum Gasteiger partial charge on any atom is -0.366 e. The molecule has 0 amide bonds. The van der Waals surface area contributed by atoms with Crippen molar-refractivity contribution in [1.82, 2.24) is 0 Å². The van der Waals surface area contributed by atoms with Crippen LogP contribution in [0.1, 0.15) is 32.1 Å². The van der Waals surface area contributed by atoms with Crippen LogP contribution >= 0.6 is 22.6 Å². The first-order chi connectivity index (χ1) is 9.23. The van der Waals surface area contributed by atoms with Crippen molar-refractivity contribution in [2.75, 3.05) is 11.0 Å². The van der Waals surface area contributed by atoms with Crippen LogP contribution in [0.2, 0.25) is 0 Å². The minimum atomic E-state index is -0.434. The molecule has 5 heteroatoms. The van der Waals surface area contributed by atoms with E-state index in [1.807, 2.05) is 0 Å². The fourth-order valence-electron chi connectivity index (χ4n) is 4.52. The van der Waals surface area contributed by atoms with Gasteiger partial charge in [0.2, 0.25) is 0 Å². The van der Waals surface area contributed by atoms with Crippen molar-refractivity contribution in [1.29, 1.82) is 0 Å². The molecule has 4 nitrogen and oxygen atoms in total. The summed E-state index contributed by atoms with van der Waals surface area (Å²) in [6.45, 7) is 3.16. The summed E-state index contributed by atoms with van der Waals surface area (Å²) in [5.74, 6) is 1.81. The molecule has 5 unspecified atom stereocenters. The Morgan fingerprint density at radius 1 is 1.42 bits per heavy atom. The zero-order valence-corrected chi connectivity index (χ0v) is 13.2.